The molecule has 3 N–H and O–H groups in total. The third kappa shape index (κ3) is 13.4. The molecule has 0 radical (unpaired) electrons. The highest BCUT2D eigenvalue weighted by Gasteiger charge is 2.29. The van der Waals surface area contributed by atoms with Crippen LogP contribution in [0.5, 0.6) is 0 Å². The molecule has 6 aromatic rings. The number of sulfonamides is 1. The van der Waals surface area contributed by atoms with Crippen LogP contribution in [-0.2, 0) is 10.0 Å². The van der Waals surface area contributed by atoms with Crippen LogP contribution in [-0.4, -0.2) is 121 Å². The van der Waals surface area contributed by atoms with E-state index in [0.717, 1.165) is 89.7 Å². The topological polar surface area (TPSA) is 181 Å². The Bertz CT molecular complexity index is 3060. The van der Waals surface area contributed by atoms with Gasteiger partial charge >= 0.3 is 0 Å². The molecule has 6 heterocycles. The predicted molar refractivity (Wildman–Crippen MR) is 300 cm³/mol. The molecule has 0 aliphatic carbocycles. The molecule has 0 bridgehead atoms. The van der Waals surface area contributed by atoms with Crippen molar-refractivity contribution in [1.29, 1.82) is 0 Å². The van der Waals surface area contributed by atoms with Crippen LogP contribution in [0.1, 0.15) is 91.5 Å². The molecular weight excluding hydrogens is 981 g/mol. The Labute approximate surface area is 446 Å². The second kappa shape index (κ2) is 24.6. The molecule has 76 heavy (non-hydrogen) atoms. The lowest BCUT2D eigenvalue weighted by Gasteiger charge is -2.38. The summed E-state index contributed by atoms with van der Waals surface area (Å²) < 4.78 is 35.7. The minimum Gasteiger partial charge on any atom is -0.459 e. The number of rotatable bonds is 15. The first-order chi connectivity index (χ1) is 36.8. The van der Waals surface area contributed by atoms with Gasteiger partial charge in [-0.25, -0.2) is 12.7 Å². The van der Waals surface area contributed by atoms with E-state index in [9.17, 15) is 27.6 Å². The van der Waals surface area contributed by atoms with E-state index in [4.69, 9.17) is 8.83 Å². The molecule has 4 aliphatic rings. The third-order valence-corrected chi connectivity index (χ3v) is 16.5. The third-order valence-electron chi connectivity index (χ3n) is 15.2. The molecule has 0 saturated carbocycles. The van der Waals surface area contributed by atoms with Gasteiger partial charge in [0.25, 0.3) is 11.8 Å². The molecule has 17 heteroatoms. The van der Waals surface area contributed by atoms with Gasteiger partial charge in [-0.3, -0.25) is 19.2 Å². The number of piperidine rings is 2. The molecule has 4 saturated heterocycles. The Morgan fingerprint density at radius 1 is 0.513 bits per heavy atom. The molecule has 2 aromatic heterocycles. The van der Waals surface area contributed by atoms with Crippen molar-refractivity contribution in [2.45, 2.75) is 52.4 Å². The summed E-state index contributed by atoms with van der Waals surface area (Å²) in [5.74, 6) is 0.412. The first kappa shape index (κ1) is 53.6. The molecule has 2 amide bonds. The van der Waals surface area contributed by atoms with E-state index in [1.807, 2.05) is 36.4 Å². The smallest absolute Gasteiger partial charge is 0.291 e. The first-order valence-electron chi connectivity index (χ1n) is 26.6. The number of carbonyl (C=O) groups is 4. The summed E-state index contributed by atoms with van der Waals surface area (Å²) in [5.41, 5.74) is 9.20. The van der Waals surface area contributed by atoms with Crippen LogP contribution in [0.2, 0.25) is 0 Å². The van der Waals surface area contributed by atoms with Gasteiger partial charge in [0.2, 0.25) is 10.0 Å². The molecule has 16 nitrogen and oxygen atoms in total. The average molecular weight is 1050 g/mol. The minimum absolute atomic E-state index is 0.0118. The molecule has 0 atom stereocenters. The zero-order valence-corrected chi connectivity index (χ0v) is 44.7. The van der Waals surface area contributed by atoms with Crippen LogP contribution < -0.4 is 35.6 Å². The van der Waals surface area contributed by atoms with Gasteiger partial charge in [0.05, 0.1) is 41.5 Å². The van der Waals surface area contributed by atoms with E-state index < -0.39 is 10.0 Å². The Hall–Kier alpha value is -7.21. The molecule has 4 aliphatic heterocycles. The summed E-state index contributed by atoms with van der Waals surface area (Å²) in [6.07, 6.45) is 8.41. The van der Waals surface area contributed by atoms with Crippen LogP contribution in [0.25, 0.3) is 0 Å². The van der Waals surface area contributed by atoms with Gasteiger partial charge in [-0.2, -0.15) is 0 Å². The second-order valence-corrected chi connectivity index (χ2v) is 22.4. The van der Waals surface area contributed by atoms with Crippen molar-refractivity contribution in [2.24, 2.45) is 11.8 Å². The van der Waals surface area contributed by atoms with E-state index in [2.05, 4.69) is 91.9 Å². The number of nitrogens with one attached hydrogen (secondary N) is 3. The van der Waals surface area contributed by atoms with Gasteiger partial charge in [-0.15, -0.1) is 0 Å². The fraction of sp³-hybridized carbons (Fsp3) is 0.390. The van der Waals surface area contributed by atoms with Gasteiger partial charge in [0, 0.05) is 101 Å². The number of aryl methyl sites for hydroxylation is 2. The number of benzene rings is 4. The Morgan fingerprint density at radius 3 is 1.29 bits per heavy atom. The first-order valence-corrected chi connectivity index (χ1v) is 28.4. The number of ketones is 2. The SMILES string of the molecule is Cc1ccccc1N1CCN(c2ccc(C(=O)CC3CCN(S(C)(=O)=O)CC3)cc2NC(=O)c2ccco2)CC1.Cc1ccccc1N1CCN(c2ccc(C(=O)CC3CCNCC3)cc2NC(=O)c2ccco2)CC1. The molecule has 4 aromatic carbocycles. The maximum absolute atomic E-state index is 13.3. The number of Topliss-reactive ketones (excluding diaryl/α,β-unsaturated/α-hetero) is 2. The largest absolute Gasteiger partial charge is 0.459 e. The van der Waals surface area contributed by atoms with Crippen molar-refractivity contribution < 1.29 is 36.4 Å². The van der Waals surface area contributed by atoms with Gasteiger partial charge < -0.3 is 44.4 Å². The number of anilines is 6. The average Bonchev–Trinajstić information content (AvgIpc) is 4.20. The number of amides is 2. The zero-order valence-electron chi connectivity index (χ0n) is 43.8. The highest BCUT2D eigenvalue weighted by Crippen LogP contribution is 2.34. The second-order valence-electron chi connectivity index (χ2n) is 20.4. The van der Waals surface area contributed by atoms with Crippen LogP contribution in [0.15, 0.2) is 131 Å². The fourth-order valence-corrected chi connectivity index (χ4v) is 11.7. The van der Waals surface area contributed by atoms with Crippen molar-refractivity contribution >= 4 is 67.5 Å². The number of furan rings is 2. The normalized spacial score (nSPS) is 16.9. The monoisotopic (exact) mass is 1050 g/mol. The minimum atomic E-state index is -3.21. The number of carbonyl (C=O) groups excluding carboxylic acids is 4. The number of hydrogen-bond acceptors (Lipinski definition) is 13. The summed E-state index contributed by atoms with van der Waals surface area (Å²) in [7, 11) is -3.21. The summed E-state index contributed by atoms with van der Waals surface area (Å²) >= 11 is 0. The van der Waals surface area contributed by atoms with Crippen molar-refractivity contribution in [3.63, 3.8) is 0 Å². The van der Waals surface area contributed by atoms with Crippen molar-refractivity contribution in [2.75, 3.05) is 115 Å². The highest BCUT2D eigenvalue weighted by atomic mass is 32.2. The van der Waals surface area contributed by atoms with Crippen molar-refractivity contribution in [3.05, 3.63) is 155 Å². The summed E-state index contributed by atoms with van der Waals surface area (Å²) in [6, 6.07) is 34.7. The lowest BCUT2D eigenvalue weighted by atomic mass is 9.90. The van der Waals surface area contributed by atoms with Gasteiger partial charge in [-0.05, 0) is 148 Å². The van der Waals surface area contributed by atoms with Crippen LogP contribution >= 0.6 is 0 Å². The van der Waals surface area contributed by atoms with Crippen molar-refractivity contribution in [3.8, 4) is 0 Å². The predicted octanol–water partition coefficient (Wildman–Crippen LogP) is 9.15. The van der Waals surface area contributed by atoms with E-state index in [1.54, 1.807) is 30.3 Å². The number of nitrogens with zero attached hydrogens (tertiary/aromatic N) is 5. The Balaban J connectivity index is 0.000000187. The summed E-state index contributed by atoms with van der Waals surface area (Å²) in [5, 5.41) is 9.34. The summed E-state index contributed by atoms with van der Waals surface area (Å²) in [4.78, 5) is 61.5. The quantitative estimate of drug-likeness (QED) is 0.0830. The molecule has 0 unspecified atom stereocenters. The number of para-hydroxylation sites is 2. The van der Waals surface area contributed by atoms with Gasteiger partial charge in [0.15, 0.2) is 23.1 Å². The molecule has 400 valence electrons. The van der Waals surface area contributed by atoms with E-state index in [1.165, 1.54) is 45.6 Å². The molecule has 0 spiro atoms. The molecular formula is C59H70N8O8S. The van der Waals surface area contributed by atoms with Gasteiger partial charge in [-0.1, -0.05) is 36.4 Å². The van der Waals surface area contributed by atoms with E-state index in [-0.39, 0.29) is 40.8 Å². The lowest BCUT2D eigenvalue weighted by molar-refractivity contribution is 0.0939. The molecule has 10 rings (SSSR count). The Morgan fingerprint density at radius 2 is 0.908 bits per heavy atom. The summed E-state index contributed by atoms with van der Waals surface area (Å²) in [6.45, 7) is 13.7. The fourth-order valence-electron chi connectivity index (χ4n) is 10.9. The van der Waals surface area contributed by atoms with Gasteiger partial charge in [0.1, 0.15) is 0 Å². The standard InChI is InChI=1S/C30H36N4O5S.C29H34N4O3/c1-22-6-3-4-7-26(22)32-15-17-33(18-16-32)27-10-9-24(21-25(27)31-30(36)29-8-5-19-39-29)28(35)20-23-11-13-34(14-12-23)40(2,37)38;1-21-5-2-3-6-25(21)32-14-16-33(17-15-32)26-9-8-23(27(34)19-22-10-12-30-13-11-22)20-24(26)31-29(35)28-7-4-18-36-28/h3-10,19,21,23H,11-18,20H2,1-2H3,(H,31,36);2-9,18,20,22,30H,10-17,19H2,1H3,(H,31,35). The van der Waals surface area contributed by atoms with Crippen LogP contribution in [0.3, 0.4) is 0 Å². The maximum atomic E-state index is 13.3. The molecule has 4 fully saturated rings. The van der Waals surface area contributed by atoms with Crippen LogP contribution in [0.4, 0.5) is 34.1 Å². The lowest BCUT2D eigenvalue weighted by Crippen LogP contribution is -2.47. The Kier molecular flexibility index (Phi) is 17.4. The number of hydrogen-bond donors (Lipinski definition) is 3. The zero-order chi connectivity index (χ0) is 53.2. The van der Waals surface area contributed by atoms with Crippen molar-refractivity contribution in [1.82, 2.24) is 9.62 Å². The highest BCUT2D eigenvalue weighted by molar-refractivity contribution is 7.88. The maximum Gasteiger partial charge on any atom is 0.291 e. The van der Waals surface area contributed by atoms with E-state index in [0.29, 0.717) is 67.2 Å². The number of piperazine rings is 2. The van der Waals surface area contributed by atoms with Crippen LogP contribution in [0, 0.1) is 25.7 Å². The van der Waals surface area contributed by atoms with E-state index >= 15 is 0 Å².